The molecule has 0 aromatic rings. The van der Waals surface area contributed by atoms with Gasteiger partial charge < -0.3 is 0 Å². The Hall–Kier alpha value is 0.130. The topological polar surface area (TPSA) is 6.48 Å². The van der Waals surface area contributed by atoms with Gasteiger partial charge in [-0.15, -0.1) is 4.48 Å². The summed E-state index contributed by atoms with van der Waals surface area (Å²) in [5.74, 6) is 0. The average Bonchev–Trinajstić information content (AvgIpc) is 1.63. The lowest BCUT2D eigenvalue weighted by atomic mass is 11.0. The summed E-state index contributed by atoms with van der Waals surface area (Å²) in [6.45, 7) is 0. The van der Waals surface area contributed by atoms with Crippen LogP contribution in [-0.2, 0) is 0 Å². The number of halogens is 2. The summed E-state index contributed by atoms with van der Waals surface area (Å²) in [7, 11) is 4.24. The molecule has 9 heavy (non-hydrogen) atoms. The first-order valence-corrected chi connectivity index (χ1v) is 3.24. The number of nitrogens with zero attached hydrogens (tertiary/aromatic N) is 2. The van der Waals surface area contributed by atoms with E-state index in [9.17, 15) is 8.87 Å². The molecule has 0 aliphatic rings. The summed E-state index contributed by atoms with van der Waals surface area (Å²) in [6, 6.07) is 0. The summed E-state index contributed by atoms with van der Waals surface area (Å²) in [6.07, 6.45) is 0. The third-order valence-electron chi connectivity index (χ3n) is 0.638. The van der Waals surface area contributed by atoms with Gasteiger partial charge in [-0.1, -0.05) is 4.53 Å². The number of rotatable bonds is 3. The van der Waals surface area contributed by atoms with Crippen molar-refractivity contribution in [1.82, 2.24) is 9.43 Å². The van der Waals surface area contributed by atoms with Gasteiger partial charge in [0.2, 0.25) is 5.63 Å². The zero-order chi connectivity index (χ0) is 7.44. The van der Waals surface area contributed by atoms with E-state index < -0.39 is 5.63 Å². The highest BCUT2D eigenvalue weighted by Gasteiger charge is 2.11. The Morgan fingerprint density at radius 1 is 1.33 bits per heavy atom. The van der Waals surface area contributed by atoms with Crippen LogP contribution in [0.4, 0.5) is 8.87 Å². The van der Waals surface area contributed by atoms with Crippen LogP contribution in [-0.4, -0.2) is 36.2 Å². The minimum atomic E-state index is -1.31. The fourth-order valence-corrected chi connectivity index (χ4v) is 0.642. The molecule has 0 aliphatic heterocycles. The first-order valence-electron chi connectivity index (χ1n) is 2.41. The summed E-state index contributed by atoms with van der Waals surface area (Å²) in [4.78, 5) is 1.28. The van der Waals surface area contributed by atoms with Crippen LogP contribution < -0.4 is 0 Å². The van der Waals surface area contributed by atoms with Gasteiger partial charge in [-0.05, 0) is 14.1 Å². The summed E-state index contributed by atoms with van der Waals surface area (Å²) in [5, 5.41) is 0. The molecule has 0 N–H and O–H groups in total. The first-order chi connectivity index (χ1) is 4.04. The molecule has 0 saturated carbocycles. The standard InChI is InChI=1S/C4H10F2N2S/c1-7(2)4(5)9-8(3)6/h4H,1-3H3. The Balaban J connectivity index is 3.38. The van der Waals surface area contributed by atoms with Gasteiger partial charge in [-0.3, -0.25) is 4.90 Å². The predicted molar refractivity (Wildman–Crippen MR) is 35.0 cm³/mol. The van der Waals surface area contributed by atoms with Crippen molar-refractivity contribution < 1.29 is 8.87 Å². The molecule has 1 unspecified atom stereocenters. The predicted octanol–water partition coefficient (Wildman–Crippen LogP) is 1.27. The molecule has 0 aliphatic carbocycles. The molecule has 1 atom stereocenters. The average molecular weight is 156 g/mol. The maximum Gasteiger partial charge on any atom is 0.216 e. The number of hydrogen-bond acceptors (Lipinski definition) is 3. The van der Waals surface area contributed by atoms with Gasteiger partial charge in [0.15, 0.2) is 0 Å². The van der Waals surface area contributed by atoms with Crippen LogP contribution in [0.3, 0.4) is 0 Å². The monoisotopic (exact) mass is 156 g/mol. The van der Waals surface area contributed by atoms with Gasteiger partial charge in [-0.25, -0.2) is 4.39 Å². The molecule has 0 spiro atoms. The smallest absolute Gasteiger partial charge is 0.216 e. The van der Waals surface area contributed by atoms with E-state index in [-0.39, 0.29) is 4.53 Å². The highest BCUT2D eigenvalue weighted by Crippen LogP contribution is 2.17. The number of hydrogen-bond donors (Lipinski definition) is 0. The van der Waals surface area contributed by atoms with E-state index >= 15 is 0 Å². The van der Waals surface area contributed by atoms with E-state index in [4.69, 9.17) is 0 Å². The fraction of sp³-hybridized carbons (Fsp3) is 1.00. The van der Waals surface area contributed by atoms with Crippen molar-refractivity contribution in [3.63, 3.8) is 0 Å². The Morgan fingerprint density at radius 2 is 1.78 bits per heavy atom. The van der Waals surface area contributed by atoms with Crippen LogP contribution in [0.15, 0.2) is 0 Å². The molecular formula is C4H10F2N2S. The Kier molecular flexibility index (Phi) is 4.09. The van der Waals surface area contributed by atoms with Crippen LogP contribution >= 0.6 is 11.9 Å². The largest absolute Gasteiger partial charge is 0.270 e. The van der Waals surface area contributed by atoms with Crippen LogP contribution in [0.1, 0.15) is 0 Å². The molecule has 0 saturated heterocycles. The van der Waals surface area contributed by atoms with Gasteiger partial charge >= 0.3 is 0 Å². The van der Waals surface area contributed by atoms with Crippen molar-refractivity contribution in [2.24, 2.45) is 0 Å². The second-order valence-electron chi connectivity index (χ2n) is 1.78. The molecule has 0 aromatic heterocycles. The zero-order valence-electron chi connectivity index (χ0n) is 5.64. The number of alkyl halides is 1. The molecule has 0 bridgehead atoms. The lowest BCUT2D eigenvalue weighted by Gasteiger charge is -2.15. The maximum absolute atomic E-state index is 12.4. The second-order valence-corrected chi connectivity index (χ2v) is 2.88. The van der Waals surface area contributed by atoms with Crippen molar-refractivity contribution in [1.29, 1.82) is 0 Å². The van der Waals surface area contributed by atoms with Crippen LogP contribution in [0.25, 0.3) is 0 Å². The Labute approximate surface area is 57.9 Å². The molecular weight excluding hydrogens is 146 g/mol. The fourth-order valence-electron chi connectivity index (χ4n) is 0.214. The molecule has 2 nitrogen and oxygen atoms in total. The summed E-state index contributed by atoms with van der Waals surface area (Å²) in [5.41, 5.74) is -1.31. The van der Waals surface area contributed by atoms with Crippen LogP contribution in [0, 0.1) is 0 Å². The highest BCUT2D eigenvalue weighted by molar-refractivity contribution is 7.97. The second kappa shape index (κ2) is 4.03. The normalized spacial score (nSPS) is 15.0. The van der Waals surface area contributed by atoms with Gasteiger partial charge in [0.1, 0.15) is 0 Å². The third kappa shape index (κ3) is 4.62. The van der Waals surface area contributed by atoms with Crippen molar-refractivity contribution in [2.75, 3.05) is 21.1 Å². The first kappa shape index (κ1) is 9.13. The van der Waals surface area contributed by atoms with E-state index in [1.54, 1.807) is 14.1 Å². The molecule has 0 rings (SSSR count). The van der Waals surface area contributed by atoms with Gasteiger partial charge in [-0.2, -0.15) is 0 Å². The Morgan fingerprint density at radius 3 is 1.89 bits per heavy atom. The van der Waals surface area contributed by atoms with Crippen molar-refractivity contribution in [3.8, 4) is 0 Å². The molecule has 0 amide bonds. The molecule has 0 aromatic carbocycles. The highest BCUT2D eigenvalue weighted by atomic mass is 32.2. The Bertz CT molecular complexity index is 79.0. The van der Waals surface area contributed by atoms with Gasteiger partial charge in [0.05, 0.1) is 0 Å². The third-order valence-corrected chi connectivity index (χ3v) is 1.52. The van der Waals surface area contributed by atoms with Crippen molar-refractivity contribution in [2.45, 2.75) is 5.63 Å². The lowest BCUT2D eigenvalue weighted by molar-refractivity contribution is 0.173. The minimum Gasteiger partial charge on any atom is -0.270 e. The maximum atomic E-state index is 12.4. The van der Waals surface area contributed by atoms with E-state index in [2.05, 4.69) is 0 Å². The van der Waals surface area contributed by atoms with Crippen LogP contribution in [0.2, 0.25) is 0 Å². The summed E-state index contributed by atoms with van der Waals surface area (Å²) < 4.78 is 24.5. The van der Waals surface area contributed by atoms with Gasteiger partial charge in [0.25, 0.3) is 0 Å². The molecule has 0 radical (unpaired) electrons. The van der Waals surface area contributed by atoms with Crippen LogP contribution in [0.5, 0.6) is 0 Å². The molecule has 0 fully saturated rings. The lowest BCUT2D eigenvalue weighted by Crippen LogP contribution is -2.22. The quantitative estimate of drug-likeness (QED) is 0.263. The van der Waals surface area contributed by atoms with Gasteiger partial charge in [0, 0.05) is 19.0 Å². The zero-order valence-corrected chi connectivity index (χ0v) is 6.45. The van der Waals surface area contributed by atoms with E-state index in [0.29, 0.717) is 11.9 Å². The van der Waals surface area contributed by atoms with E-state index in [1.807, 2.05) is 0 Å². The van der Waals surface area contributed by atoms with Crippen molar-refractivity contribution in [3.05, 3.63) is 0 Å². The molecule has 56 valence electrons. The molecule has 5 heteroatoms. The van der Waals surface area contributed by atoms with E-state index in [1.165, 1.54) is 4.90 Å². The summed E-state index contributed by atoms with van der Waals surface area (Å²) >= 11 is 0.488. The van der Waals surface area contributed by atoms with E-state index in [0.717, 1.165) is 7.05 Å². The van der Waals surface area contributed by atoms with Crippen molar-refractivity contribution >= 4 is 11.9 Å². The SMILES string of the molecule is CN(F)SC(F)N(C)C. The minimum absolute atomic E-state index is 0.241. The molecule has 0 heterocycles.